The van der Waals surface area contributed by atoms with Gasteiger partial charge in [-0.1, -0.05) is 19.3 Å². The molecule has 1 unspecified atom stereocenters. The van der Waals surface area contributed by atoms with Crippen LogP contribution in [0.4, 0.5) is 17.1 Å². The molecule has 5 rings (SSSR count). The molecule has 1 amide bonds. The van der Waals surface area contributed by atoms with Crippen molar-refractivity contribution < 1.29 is 14.5 Å². The highest BCUT2D eigenvalue weighted by molar-refractivity contribution is 6.15. The van der Waals surface area contributed by atoms with Crippen LogP contribution in [0.1, 0.15) is 42.5 Å². The van der Waals surface area contributed by atoms with Gasteiger partial charge in [0.05, 0.1) is 23.3 Å². The molecule has 0 aromatic heterocycles. The molecule has 34 heavy (non-hydrogen) atoms. The number of amidine groups is 1. The first-order valence-electron chi connectivity index (χ1n) is 11.8. The van der Waals surface area contributed by atoms with E-state index in [1.807, 2.05) is 31.3 Å². The summed E-state index contributed by atoms with van der Waals surface area (Å²) in [7, 11) is 3.60. The van der Waals surface area contributed by atoms with Crippen LogP contribution in [0.2, 0.25) is 0 Å². The molecule has 2 aliphatic heterocycles. The molecule has 1 atom stereocenters. The number of likely N-dealkylation sites (N-methyl/N-ethyl adjacent to an activating group) is 1. The average Bonchev–Trinajstić information content (AvgIpc) is 2.99. The Morgan fingerprint density at radius 1 is 1.06 bits per heavy atom. The van der Waals surface area contributed by atoms with E-state index in [0.29, 0.717) is 23.2 Å². The monoisotopic (exact) mass is 463 g/mol. The lowest BCUT2D eigenvalue weighted by molar-refractivity contribution is -0.384. The van der Waals surface area contributed by atoms with Gasteiger partial charge >= 0.3 is 0 Å². The third-order valence-electron chi connectivity index (χ3n) is 7.14. The SMILES string of the molecule is COc1ccc(N2C(=O)c3cc([N+](=O)[O-])ccc3N=C3C2N(C2CCCCC2)CCN3C)cc1. The lowest BCUT2D eigenvalue weighted by Crippen LogP contribution is -2.66. The molecule has 2 aromatic rings. The number of nitro benzene ring substituents is 1. The number of aliphatic imine (C=N–C) groups is 1. The maximum absolute atomic E-state index is 14.1. The number of carbonyl (C=O) groups is 1. The molecule has 1 saturated carbocycles. The average molecular weight is 464 g/mol. The zero-order valence-corrected chi connectivity index (χ0v) is 19.5. The molecule has 0 spiro atoms. The summed E-state index contributed by atoms with van der Waals surface area (Å²) in [5.74, 6) is 1.19. The van der Waals surface area contributed by atoms with Gasteiger partial charge in [-0.05, 0) is 43.2 Å². The second kappa shape index (κ2) is 9.06. The molecule has 3 aliphatic rings. The lowest BCUT2D eigenvalue weighted by atomic mass is 9.93. The van der Waals surface area contributed by atoms with E-state index in [0.717, 1.165) is 31.8 Å². The highest BCUT2D eigenvalue weighted by Gasteiger charge is 2.44. The van der Waals surface area contributed by atoms with Gasteiger partial charge in [0.25, 0.3) is 11.6 Å². The van der Waals surface area contributed by atoms with Crippen molar-refractivity contribution in [2.75, 3.05) is 32.1 Å². The number of hydrogen-bond donors (Lipinski definition) is 0. The van der Waals surface area contributed by atoms with Gasteiger partial charge in [0, 0.05) is 44.0 Å². The molecule has 2 fully saturated rings. The third-order valence-corrected chi connectivity index (χ3v) is 7.14. The number of hydrogen-bond acceptors (Lipinski definition) is 7. The molecule has 1 aliphatic carbocycles. The van der Waals surface area contributed by atoms with E-state index in [4.69, 9.17) is 9.73 Å². The number of benzene rings is 2. The van der Waals surface area contributed by atoms with Crippen LogP contribution in [-0.2, 0) is 0 Å². The van der Waals surface area contributed by atoms with Gasteiger partial charge in [-0.2, -0.15) is 0 Å². The zero-order chi connectivity index (χ0) is 23.8. The maximum atomic E-state index is 14.1. The number of piperazine rings is 1. The molecule has 2 aromatic carbocycles. The summed E-state index contributed by atoms with van der Waals surface area (Å²) in [5.41, 5.74) is 1.29. The first kappa shape index (κ1) is 22.3. The highest BCUT2D eigenvalue weighted by atomic mass is 16.6. The molecule has 9 nitrogen and oxygen atoms in total. The highest BCUT2D eigenvalue weighted by Crippen LogP contribution is 2.37. The number of anilines is 1. The van der Waals surface area contributed by atoms with Gasteiger partial charge in [-0.15, -0.1) is 0 Å². The van der Waals surface area contributed by atoms with Crippen LogP contribution in [0.3, 0.4) is 0 Å². The predicted molar refractivity (Wildman–Crippen MR) is 130 cm³/mol. The van der Waals surface area contributed by atoms with E-state index < -0.39 is 11.1 Å². The number of rotatable bonds is 4. The van der Waals surface area contributed by atoms with Crippen LogP contribution >= 0.6 is 0 Å². The van der Waals surface area contributed by atoms with E-state index in [9.17, 15) is 14.9 Å². The van der Waals surface area contributed by atoms with Crippen molar-refractivity contribution in [3.63, 3.8) is 0 Å². The summed E-state index contributed by atoms with van der Waals surface area (Å²) in [4.78, 5) is 36.3. The number of nitro groups is 1. The third kappa shape index (κ3) is 3.90. The van der Waals surface area contributed by atoms with Crippen LogP contribution in [0, 0.1) is 10.1 Å². The maximum Gasteiger partial charge on any atom is 0.270 e. The Bertz CT molecular complexity index is 1130. The van der Waals surface area contributed by atoms with Crippen molar-refractivity contribution >= 4 is 28.8 Å². The number of amides is 1. The van der Waals surface area contributed by atoms with Crippen LogP contribution in [0.15, 0.2) is 47.5 Å². The molecule has 0 N–H and O–H groups in total. The Balaban J connectivity index is 1.68. The van der Waals surface area contributed by atoms with Crippen LogP contribution in [0.5, 0.6) is 5.75 Å². The number of nitrogens with zero attached hydrogens (tertiary/aromatic N) is 5. The van der Waals surface area contributed by atoms with Gasteiger partial charge in [-0.3, -0.25) is 24.7 Å². The Labute approximate surface area is 198 Å². The lowest BCUT2D eigenvalue weighted by Gasteiger charge is -2.49. The fourth-order valence-electron chi connectivity index (χ4n) is 5.32. The molecule has 178 valence electrons. The molecular formula is C25H29N5O4. The standard InChI is InChI=1S/C25H29N5O4/c1-27-14-15-28(17-6-4-3-5-7-17)24-23(27)26-22-13-10-19(30(32)33)16-21(22)25(31)29(24)18-8-11-20(34-2)12-9-18/h8-13,16-17,24H,3-7,14-15H2,1-2H3. The smallest absolute Gasteiger partial charge is 0.270 e. The number of ether oxygens (including phenoxy) is 1. The predicted octanol–water partition coefficient (Wildman–Crippen LogP) is 4.20. The quantitative estimate of drug-likeness (QED) is 0.499. The van der Waals surface area contributed by atoms with E-state index in [1.165, 1.54) is 31.4 Å². The minimum Gasteiger partial charge on any atom is -0.497 e. The van der Waals surface area contributed by atoms with Crippen molar-refractivity contribution in [2.24, 2.45) is 4.99 Å². The fourth-order valence-corrected chi connectivity index (χ4v) is 5.32. The molecule has 9 heteroatoms. The van der Waals surface area contributed by atoms with Gasteiger partial charge in [-0.25, -0.2) is 4.99 Å². The second-order valence-electron chi connectivity index (χ2n) is 9.13. The van der Waals surface area contributed by atoms with Crippen molar-refractivity contribution in [1.29, 1.82) is 0 Å². The number of fused-ring (bicyclic) bond motifs is 2. The van der Waals surface area contributed by atoms with Gasteiger partial charge in [0.15, 0.2) is 0 Å². The van der Waals surface area contributed by atoms with Crippen LogP contribution in [0.25, 0.3) is 0 Å². The summed E-state index contributed by atoms with van der Waals surface area (Å²) >= 11 is 0. The minimum absolute atomic E-state index is 0.121. The molecule has 0 bridgehead atoms. The van der Waals surface area contributed by atoms with E-state index in [-0.39, 0.29) is 17.2 Å². The summed E-state index contributed by atoms with van der Waals surface area (Å²) < 4.78 is 5.33. The molecule has 2 heterocycles. The van der Waals surface area contributed by atoms with Crippen molar-refractivity contribution in [1.82, 2.24) is 9.80 Å². The fraction of sp³-hybridized carbons (Fsp3) is 0.440. The minimum atomic E-state index is -0.475. The Morgan fingerprint density at radius 3 is 2.47 bits per heavy atom. The summed E-state index contributed by atoms with van der Waals surface area (Å²) in [6, 6.07) is 12.1. The summed E-state index contributed by atoms with van der Waals surface area (Å²) in [5, 5.41) is 11.5. The van der Waals surface area contributed by atoms with Crippen molar-refractivity contribution in [3.8, 4) is 5.75 Å². The zero-order valence-electron chi connectivity index (χ0n) is 19.5. The Morgan fingerprint density at radius 2 is 1.79 bits per heavy atom. The summed E-state index contributed by atoms with van der Waals surface area (Å²) in [6.07, 6.45) is 5.39. The molecule has 1 saturated heterocycles. The first-order valence-corrected chi connectivity index (χ1v) is 11.8. The Kier molecular flexibility index (Phi) is 5.95. The molecule has 0 radical (unpaired) electrons. The first-order chi connectivity index (χ1) is 16.5. The number of methoxy groups -OCH3 is 1. The topological polar surface area (TPSA) is 91.5 Å². The normalized spacial score (nSPS) is 21.4. The van der Waals surface area contributed by atoms with Gasteiger partial charge in [0.2, 0.25) is 0 Å². The number of non-ortho nitro benzene ring substituents is 1. The summed E-state index contributed by atoms with van der Waals surface area (Å²) in [6.45, 7) is 1.63. The Hall–Kier alpha value is -3.46. The van der Waals surface area contributed by atoms with E-state index >= 15 is 0 Å². The van der Waals surface area contributed by atoms with Crippen molar-refractivity contribution in [3.05, 3.63) is 58.1 Å². The van der Waals surface area contributed by atoms with Crippen LogP contribution in [-0.4, -0.2) is 65.9 Å². The van der Waals surface area contributed by atoms with Gasteiger partial charge < -0.3 is 9.64 Å². The van der Waals surface area contributed by atoms with E-state index in [1.54, 1.807) is 18.1 Å². The van der Waals surface area contributed by atoms with Crippen LogP contribution < -0.4 is 9.64 Å². The van der Waals surface area contributed by atoms with E-state index in [2.05, 4.69) is 9.80 Å². The number of carbonyl (C=O) groups excluding carboxylic acids is 1. The van der Waals surface area contributed by atoms with Crippen molar-refractivity contribution in [2.45, 2.75) is 44.3 Å². The molecular weight excluding hydrogens is 434 g/mol. The largest absolute Gasteiger partial charge is 0.497 e. The second-order valence-corrected chi connectivity index (χ2v) is 9.13. The van der Waals surface area contributed by atoms with Gasteiger partial charge in [0.1, 0.15) is 17.8 Å².